The molecule has 0 aromatic carbocycles. The number of nitrogens with one attached hydrogen (secondary N) is 1. The minimum absolute atomic E-state index is 0.743. The maximum absolute atomic E-state index is 6.21. The first-order valence-electron chi connectivity index (χ1n) is 5.16. The van der Waals surface area contributed by atoms with E-state index in [1.807, 2.05) is 11.3 Å². The van der Waals surface area contributed by atoms with Gasteiger partial charge in [-0.15, -0.1) is 11.3 Å². The van der Waals surface area contributed by atoms with Crippen molar-refractivity contribution in [3.63, 3.8) is 0 Å². The van der Waals surface area contributed by atoms with E-state index in [0.29, 0.717) is 0 Å². The fraction of sp³-hybridized carbons (Fsp3) is 0.636. The highest BCUT2D eigenvalue weighted by Gasteiger charge is 2.21. The van der Waals surface area contributed by atoms with Crippen molar-refractivity contribution in [3.05, 3.63) is 20.3 Å². The largest absolute Gasteiger partial charge is 0.317 e. The molecule has 1 nitrogen and oxygen atoms in total. The topological polar surface area (TPSA) is 12.0 Å². The van der Waals surface area contributed by atoms with E-state index in [9.17, 15) is 0 Å². The maximum Gasteiger partial charge on any atom is 0.0574 e. The predicted molar refractivity (Wildman–Crippen MR) is 63.6 cm³/mol. The number of hydrogen-bond donors (Lipinski definition) is 1. The van der Waals surface area contributed by atoms with Crippen molar-refractivity contribution in [2.24, 2.45) is 0 Å². The average Bonchev–Trinajstić information content (AvgIpc) is 2.47. The van der Waals surface area contributed by atoms with E-state index in [2.05, 4.69) is 19.2 Å². The van der Waals surface area contributed by atoms with Crippen LogP contribution in [0.5, 0.6) is 0 Å². The third-order valence-electron chi connectivity index (χ3n) is 2.98. The van der Waals surface area contributed by atoms with Crippen LogP contribution in [0.1, 0.15) is 34.1 Å². The summed E-state index contributed by atoms with van der Waals surface area (Å²) < 4.78 is 0. The standard InChI is InChI=1S/C11H16ClNS/c1-7-10(12)8(2)14-11(7)9-3-5-13-6-4-9/h9,13H,3-6H2,1-2H3. The van der Waals surface area contributed by atoms with Crippen LogP contribution < -0.4 is 5.32 Å². The van der Waals surface area contributed by atoms with E-state index in [0.717, 1.165) is 24.0 Å². The molecule has 1 N–H and O–H groups in total. The summed E-state index contributed by atoms with van der Waals surface area (Å²) >= 11 is 8.10. The van der Waals surface area contributed by atoms with Gasteiger partial charge < -0.3 is 5.32 Å². The Morgan fingerprint density at radius 1 is 1.29 bits per heavy atom. The molecule has 1 aliphatic rings. The van der Waals surface area contributed by atoms with Gasteiger partial charge in [0.25, 0.3) is 0 Å². The molecule has 2 heterocycles. The monoisotopic (exact) mass is 229 g/mol. The molecule has 14 heavy (non-hydrogen) atoms. The van der Waals surface area contributed by atoms with Gasteiger partial charge in [-0.05, 0) is 51.3 Å². The molecule has 1 aromatic heterocycles. The van der Waals surface area contributed by atoms with Crippen LogP contribution in [0, 0.1) is 13.8 Å². The molecular formula is C11H16ClNS. The lowest BCUT2D eigenvalue weighted by molar-refractivity contribution is 0.464. The lowest BCUT2D eigenvalue weighted by atomic mass is 9.94. The summed E-state index contributed by atoms with van der Waals surface area (Å²) in [7, 11) is 0. The molecule has 0 bridgehead atoms. The van der Waals surface area contributed by atoms with Crippen LogP contribution in [-0.2, 0) is 0 Å². The van der Waals surface area contributed by atoms with E-state index in [-0.39, 0.29) is 0 Å². The van der Waals surface area contributed by atoms with E-state index >= 15 is 0 Å². The lowest BCUT2D eigenvalue weighted by Crippen LogP contribution is -2.26. The SMILES string of the molecule is Cc1sc(C2CCNCC2)c(C)c1Cl. The van der Waals surface area contributed by atoms with Crippen molar-refractivity contribution < 1.29 is 0 Å². The van der Waals surface area contributed by atoms with Crippen LogP contribution >= 0.6 is 22.9 Å². The van der Waals surface area contributed by atoms with Gasteiger partial charge in [-0.3, -0.25) is 0 Å². The molecule has 2 rings (SSSR count). The number of piperidine rings is 1. The summed E-state index contributed by atoms with van der Waals surface area (Å²) in [6.07, 6.45) is 2.52. The highest BCUT2D eigenvalue weighted by molar-refractivity contribution is 7.12. The smallest absolute Gasteiger partial charge is 0.0574 e. The van der Waals surface area contributed by atoms with Crippen molar-refractivity contribution in [1.29, 1.82) is 0 Å². The van der Waals surface area contributed by atoms with Gasteiger partial charge in [0.15, 0.2) is 0 Å². The second-order valence-corrected chi connectivity index (χ2v) is 5.62. The Kier molecular flexibility index (Phi) is 3.15. The molecule has 0 atom stereocenters. The molecule has 0 saturated carbocycles. The van der Waals surface area contributed by atoms with Crippen LogP contribution in [0.3, 0.4) is 0 Å². The van der Waals surface area contributed by atoms with Crippen LogP contribution in [0.4, 0.5) is 0 Å². The minimum atomic E-state index is 0.743. The fourth-order valence-corrected chi connectivity index (χ4v) is 3.64. The normalized spacial score (nSPS) is 18.8. The maximum atomic E-state index is 6.21. The first kappa shape index (κ1) is 10.5. The zero-order valence-corrected chi connectivity index (χ0v) is 10.3. The minimum Gasteiger partial charge on any atom is -0.317 e. The van der Waals surface area contributed by atoms with E-state index in [4.69, 9.17) is 11.6 Å². The summed E-state index contributed by atoms with van der Waals surface area (Å²) in [5, 5.41) is 4.39. The predicted octanol–water partition coefficient (Wildman–Crippen LogP) is 3.49. The summed E-state index contributed by atoms with van der Waals surface area (Å²) in [6.45, 7) is 6.57. The molecule has 0 aliphatic carbocycles. The summed E-state index contributed by atoms with van der Waals surface area (Å²) in [5.41, 5.74) is 1.32. The van der Waals surface area contributed by atoms with Crippen LogP contribution in [0.2, 0.25) is 5.02 Å². The Hall–Kier alpha value is -0.0500. The highest BCUT2D eigenvalue weighted by atomic mass is 35.5. The van der Waals surface area contributed by atoms with Gasteiger partial charge in [0.05, 0.1) is 5.02 Å². The van der Waals surface area contributed by atoms with E-state index in [1.165, 1.54) is 28.2 Å². The van der Waals surface area contributed by atoms with E-state index in [1.54, 1.807) is 0 Å². The molecule has 1 saturated heterocycles. The summed E-state index contributed by atoms with van der Waals surface area (Å²) in [5.74, 6) is 0.743. The second kappa shape index (κ2) is 4.21. The number of rotatable bonds is 1. The average molecular weight is 230 g/mol. The van der Waals surface area contributed by atoms with Gasteiger partial charge in [-0.25, -0.2) is 0 Å². The Balaban J connectivity index is 2.26. The molecule has 1 fully saturated rings. The van der Waals surface area contributed by atoms with Crippen molar-refractivity contribution in [3.8, 4) is 0 Å². The first-order chi connectivity index (χ1) is 6.70. The third-order valence-corrected chi connectivity index (χ3v) is 5.03. The summed E-state index contributed by atoms with van der Waals surface area (Å²) in [4.78, 5) is 2.80. The van der Waals surface area contributed by atoms with Crippen molar-refractivity contribution in [1.82, 2.24) is 5.32 Å². The molecule has 1 aliphatic heterocycles. The van der Waals surface area contributed by atoms with Gasteiger partial charge in [0.2, 0.25) is 0 Å². The number of aryl methyl sites for hydroxylation is 1. The first-order valence-corrected chi connectivity index (χ1v) is 6.35. The Morgan fingerprint density at radius 3 is 2.43 bits per heavy atom. The lowest BCUT2D eigenvalue weighted by Gasteiger charge is -2.22. The molecular weight excluding hydrogens is 214 g/mol. The third kappa shape index (κ3) is 1.83. The van der Waals surface area contributed by atoms with Crippen LogP contribution in [0.15, 0.2) is 0 Å². The van der Waals surface area contributed by atoms with Crippen LogP contribution in [0.25, 0.3) is 0 Å². The number of hydrogen-bond acceptors (Lipinski definition) is 2. The Labute approximate surface area is 94.5 Å². The van der Waals surface area contributed by atoms with Gasteiger partial charge >= 0.3 is 0 Å². The van der Waals surface area contributed by atoms with Crippen molar-refractivity contribution >= 4 is 22.9 Å². The van der Waals surface area contributed by atoms with Crippen molar-refractivity contribution in [2.75, 3.05) is 13.1 Å². The van der Waals surface area contributed by atoms with E-state index < -0.39 is 0 Å². The molecule has 0 radical (unpaired) electrons. The molecule has 0 spiro atoms. The quantitative estimate of drug-likeness (QED) is 0.778. The zero-order valence-electron chi connectivity index (χ0n) is 8.69. The highest BCUT2D eigenvalue weighted by Crippen LogP contribution is 2.39. The number of halogens is 1. The Morgan fingerprint density at radius 2 is 1.93 bits per heavy atom. The Bertz CT molecular complexity index is 326. The van der Waals surface area contributed by atoms with Crippen molar-refractivity contribution in [2.45, 2.75) is 32.6 Å². The van der Waals surface area contributed by atoms with Gasteiger partial charge in [0.1, 0.15) is 0 Å². The summed E-state index contributed by atoms with van der Waals surface area (Å²) in [6, 6.07) is 0. The number of thiophene rings is 1. The van der Waals surface area contributed by atoms with Gasteiger partial charge in [-0.2, -0.15) is 0 Å². The second-order valence-electron chi connectivity index (χ2n) is 3.99. The molecule has 3 heteroatoms. The van der Waals surface area contributed by atoms with Gasteiger partial charge in [0, 0.05) is 9.75 Å². The molecule has 0 unspecified atom stereocenters. The molecule has 0 amide bonds. The fourth-order valence-electron chi connectivity index (χ4n) is 2.13. The molecule has 1 aromatic rings. The molecule has 78 valence electrons. The van der Waals surface area contributed by atoms with Gasteiger partial charge in [-0.1, -0.05) is 11.6 Å². The zero-order chi connectivity index (χ0) is 10.1. The van der Waals surface area contributed by atoms with Crippen LogP contribution in [-0.4, -0.2) is 13.1 Å².